The van der Waals surface area contributed by atoms with Crippen molar-refractivity contribution in [3.05, 3.63) is 53.6 Å². The Morgan fingerprint density at radius 3 is 2.50 bits per heavy atom. The van der Waals surface area contributed by atoms with E-state index in [1.54, 1.807) is 34.6 Å². The van der Waals surface area contributed by atoms with Gasteiger partial charge in [-0.2, -0.15) is 9.57 Å². The summed E-state index contributed by atoms with van der Waals surface area (Å²) in [6.45, 7) is 3.98. The number of nitrogens with zero attached hydrogens (tertiary/aromatic N) is 2. The number of sulfonamides is 1. The van der Waals surface area contributed by atoms with E-state index in [1.165, 1.54) is 0 Å². The summed E-state index contributed by atoms with van der Waals surface area (Å²) in [7, 11) is -3.46. The molecule has 1 fully saturated rings. The minimum absolute atomic E-state index is 0.368. The summed E-state index contributed by atoms with van der Waals surface area (Å²) in [6, 6.07) is 14.4. The molecule has 2 aromatic rings. The van der Waals surface area contributed by atoms with Crippen LogP contribution in [-0.4, -0.2) is 39.0 Å². The predicted molar refractivity (Wildman–Crippen MR) is 109 cm³/mol. The maximum absolute atomic E-state index is 13.0. The number of ether oxygens (including phenoxy) is 1. The van der Waals surface area contributed by atoms with Gasteiger partial charge in [0.25, 0.3) is 0 Å². The number of hydrogen-bond acceptors (Lipinski definition) is 5. The lowest BCUT2D eigenvalue weighted by Crippen LogP contribution is -2.36. The molecule has 148 valence electrons. The maximum Gasteiger partial charge on any atom is 0.243 e. The minimum atomic E-state index is -3.46. The Bertz CT molecular complexity index is 944. The van der Waals surface area contributed by atoms with E-state index >= 15 is 0 Å². The summed E-state index contributed by atoms with van der Waals surface area (Å²) < 4.78 is 33.2. The first-order valence-corrected chi connectivity index (χ1v) is 10.9. The van der Waals surface area contributed by atoms with E-state index in [1.807, 2.05) is 19.1 Å². The van der Waals surface area contributed by atoms with Crippen LogP contribution >= 0.6 is 0 Å². The van der Waals surface area contributed by atoms with Crippen LogP contribution in [0.3, 0.4) is 0 Å². The Balaban J connectivity index is 1.60. The van der Waals surface area contributed by atoms with E-state index in [4.69, 9.17) is 10.00 Å². The lowest BCUT2D eigenvalue weighted by Gasteiger charge is -2.26. The third-order valence-electron chi connectivity index (χ3n) is 4.80. The van der Waals surface area contributed by atoms with Crippen molar-refractivity contribution in [2.45, 2.75) is 31.1 Å². The summed E-state index contributed by atoms with van der Waals surface area (Å²) in [5.41, 5.74) is 2.10. The Morgan fingerprint density at radius 2 is 1.82 bits per heavy atom. The number of nitriles is 1. The molecule has 1 heterocycles. The van der Waals surface area contributed by atoms with E-state index in [0.717, 1.165) is 30.5 Å². The largest absolute Gasteiger partial charge is 0.492 e. The highest BCUT2D eigenvalue weighted by molar-refractivity contribution is 7.89. The van der Waals surface area contributed by atoms with Gasteiger partial charge in [0.1, 0.15) is 12.4 Å². The molecule has 1 N–H and O–H groups in total. The third-order valence-corrected chi connectivity index (χ3v) is 6.84. The van der Waals surface area contributed by atoms with Gasteiger partial charge >= 0.3 is 0 Å². The molecule has 0 unspecified atom stereocenters. The molecule has 28 heavy (non-hydrogen) atoms. The molecule has 1 aliphatic rings. The highest BCUT2D eigenvalue weighted by Crippen LogP contribution is 2.26. The second-order valence-electron chi connectivity index (χ2n) is 6.86. The summed E-state index contributed by atoms with van der Waals surface area (Å²) in [5.74, 6) is 0.693. The van der Waals surface area contributed by atoms with Crippen LogP contribution < -0.4 is 10.1 Å². The first-order chi connectivity index (χ1) is 13.5. The van der Waals surface area contributed by atoms with E-state index in [0.29, 0.717) is 42.4 Å². The van der Waals surface area contributed by atoms with Gasteiger partial charge in [-0.05, 0) is 61.7 Å². The van der Waals surface area contributed by atoms with Crippen molar-refractivity contribution in [1.82, 2.24) is 4.31 Å². The van der Waals surface area contributed by atoms with E-state index in [9.17, 15) is 8.42 Å². The quantitative estimate of drug-likeness (QED) is 0.720. The SMILES string of the molecule is Cc1ccc(NCCOc2ccc(C#N)cc2)cc1S(=O)(=O)N1CCCCC1. The Morgan fingerprint density at radius 1 is 1.11 bits per heavy atom. The molecule has 0 atom stereocenters. The molecule has 0 radical (unpaired) electrons. The van der Waals surface area contributed by atoms with Gasteiger partial charge in [-0.25, -0.2) is 8.42 Å². The fraction of sp³-hybridized carbons (Fsp3) is 0.381. The zero-order valence-corrected chi connectivity index (χ0v) is 16.8. The first kappa shape index (κ1) is 20.2. The summed E-state index contributed by atoms with van der Waals surface area (Å²) in [5, 5.41) is 12.0. The predicted octanol–water partition coefficient (Wildman–Crippen LogP) is 3.53. The zero-order chi connectivity index (χ0) is 20.0. The molecule has 0 aliphatic carbocycles. The van der Waals surface area contributed by atoms with Crippen molar-refractivity contribution in [2.75, 3.05) is 31.6 Å². The molecular formula is C21H25N3O3S. The standard InChI is InChI=1S/C21H25N3O3S/c1-17-5-8-19(15-21(17)28(25,26)24-12-3-2-4-13-24)23-11-14-27-20-9-6-18(16-22)7-10-20/h5-10,15,23H,2-4,11-14H2,1H3. The number of benzene rings is 2. The monoisotopic (exact) mass is 399 g/mol. The van der Waals surface area contributed by atoms with Crippen molar-refractivity contribution >= 4 is 15.7 Å². The maximum atomic E-state index is 13.0. The normalized spacial score (nSPS) is 15.0. The molecule has 0 spiro atoms. The summed E-state index contributed by atoms with van der Waals surface area (Å²) in [6.07, 6.45) is 2.93. The van der Waals surface area contributed by atoms with Crippen LogP contribution in [0.4, 0.5) is 5.69 Å². The van der Waals surface area contributed by atoms with E-state index in [-0.39, 0.29) is 0 Å². The van der Waals surface area contributed by atoms with Gasteiger partial charge in [0, 0.05) is 25.3 Å². The van der Waals surface area contributed by atoms with Gasteiger partial charge in [-0.15, -0.1) is 0 Å². The van der Waals surface area contributed by atoms with Crippen molar-refractivity contribution in [3.8, 4) is 11.8 Å². The van der Waals surface area contributed by atoms with Crippen molar-refractivity contribution < 1.29 is 13.2 Å². The van der Waals surface area contributed by atoms with Crippen LogP contribution in [0.5, 0.6) is 5.75 Å². The fourth-order valence-corrected chi connectivity index (χ4v) is 4.99. The highest BCUT2D eigenvalue weighted by Gasteiger charge is 2.27. The van der Waals surface area contributed by atoms with Crippen LogP contribution in [-0.2, 0) is 10.0 Å². The van der Waals surface area contributed by atoms with Gasteiger partial charge in [0.2, 0.25) is 10.0 Å². The van der Waals surface area contributed by atoms with Crippen LogP contribution in [0.15, 0.2) is 47.4 Å². The van der Waals surface area contributed by atoms with Crippen LogP contribution in [0, 0.1) is 18.3 Å². The van der Waals surface area contributed by atoms with Gasteiger partial charge in [0.05, 0.1) is 16.5 Å². The van der Waals surface area contributed by atoms with Gasteiger partial charge < -0.3 is 10.1 Å². The average molecular weight is 400 g/mol. The Labute approximate surface area is 166 Å². The smallest absolute Gasteiger partial charge is 0.243 e. The highest BCUT2D eigenvalue weighted by atomic mass is 32.2. The molecule has 0 amide bonds. The number of aryl methyl sites for hydroxylation is 1. The molecule has 7 heteroatoms. The van der Waals surface area contributed by atoms with Crippen LogP contribution in [0.25, 0.3) is 0 Å². The number of anilines is 1. The molecule has 0 bridgehead atoms. The van der Waals surface area contributed by atoms with Gasteiger partial charge in [0.15, 0.2) is 0 Å². The van der Waals surface area contributed by atoms with E-state index < -0.39 is 10.0 Å². The molecule has 3 rings (SSSR count). The van der Waals surface area contributed by atoms with Gasteiger partial charge in [-0.3, -0.25) is 0 Å². The molecule has 1 aliphatic heterocycles. The number of hydrogen-bond donors (Lipinski definition) is 1. The summed E-state index contributed by atoms with van der Waals surface area (Å²) in [4.78, 5) is 0.368. The van der Waals surface area contributed by atoms with Crippen LogP contribution in [0.1, 0.15) is 30.4 Å². The van der Waals surface area contributed by atoms with Crippen molar-refractivity contribution in [2.24, 2.45) is 0 Å². The first-order valence-electron chi connectivity index (χ1n) is 9.48. The molecule has 2 aromatic carbocycles. The summed E-state index contributed by atoms with van der Waals surface area (Å²) >= 11 is 0. The lowest BCUT2D eigenvalue weighted by atomic mass is 10.2. The van der Waals surface area contributed by atoms with Gasteiger partial charge in [-0.1, -0.05) is 12.5 Å². The second-order valence-corrected chi connectivity index (χ2v) is 8.76. The Hall–Kier alpha value is -2.56. The average Bonchev–Trinajstić information content (AvgIpc) is 2.73. The van der Waals surface area contributed by atoms with Crippen molar-refractivity contribution in [3.63, 3.8) is 0 Å². The zero-order valence-electron chi connectivity index (χ0n) is 16.0. The number of nitrogens with one attached hydrogen (secondary N) is 1. The molecule has 0 aromatic heterocycles. The van der Waals surface area contributed by atoms with Crippen molar-refractivity contribution in [1.29, 1.82) is 5.26 Å². The minimum Gasteiger partial charge on any atom is -0.492 e. The molecule has 6 nitrogen and oxygen atoms in total. The molecular weight excluding hydrogens is 374 g/mol. The lowest BCUT2D eigenvalue weighted by molar-refractivity contribution is 0.333. The van der Waals surface area contributed by atoms with Crippen LogP contribution in [0.2, 0.25) is 0 Å². The number of piperidine rings is 1. The second kappa shape index (κ2) is 9.09. The number of rotatable bonds is 7. The topological polar surface area (TPSA) is 82.4 Å². The van der Waals surface area contributed by atoms with E-state index in [2.05, 4.69) is 11.4 Å². The molecule has 0 saturated carbocycles. The third kappa shape index (κ3) is 4.83. The Kier molecular flexibility index (Phi) is 6.55. The fourth-order valence-electron chi connectivity index (χ4n) is 3.22. The molecule has 1 saturated heterocycles.